The predicted molar refractivity (Wildman–Crippen MR) is 99.3 cm³/mol. The number of primary amides is 1. The largest absolute Gasteiger partial charge is 0.480 e. The molecule has 0 aliphatic heterocycles. The Hall–Kier alpha value is -2.22. The highest BCUT2D eigenvalue weighted by Crippen LogP contribution is 2.19. The van der Waals surface area contributed by atoms with E-state index in [0.29, 0.717) is 5.56 Å². The van der Waals surface area contributed by atoms with Crippen molar-refractivity contribution in [2.75, 3.05) is 0 Å². The second-order valence-corrected chi connectivity index (χ2v) is 6.69. The lowest BCUT2D eigenvalue weighted by Gasteiger charge is -2.23. The van der Waals surface area contributed by atoms with Crippen LogP contribution in [0.1, 0.15) is 47.8 Å². The van der Waals surface area contributed by atoms with Gasteiger partial charge >= 0.3 is 12.1 Å². The van der Waals surface area contributed by atoms with Crippen molar-refractivity contribution in [3.8, 4) is 0 Å². The van der Waals surface area contributed by atoms with Gasteiger partial charge in [-0.25, -0.2) is 9.59 Å². The van der Waals surface area contributed by atoms with Crippen LogP contribution in [-0.2, 0) is 16.0 Å². The summed E-state index contributed by atoms with van der Waals surface area (Å²) in [5.41, 5.74) is 7.12. The molecule has 2 amide bonds. The van der Waals surface area contributed by atoms with Gasteiger partial charge in [0.25, 0.3) is 0 Å². The molecule has 0 saturated heterocycles. The molecule has 0 aromatic heterocycles. The van der Waals surface area contributed by atoms with E-state index in [4.69, 9.17) is 10.5 Å². The van der Waals surface area contributed by atoms with Gasteiger partial charge in [-0.3, -0.25) is 4.79 Å². The zero-order valence-electron chi connectivity index (χ0n) is 15.1. The summed E-state index contributed by atoms with van der Waals surface area (Å²) < 4.78 is 5.09. The Kier molecular flexibility index (Phi) is 7.98. The summed E-state index contributed by atoms with van der Waals surface area (Å²) in [7, 11) is 0. The number of benzene rings is 1. The number of nitrogens with two attached hydrogens (primary N) is 1. The zero-order valence-corrected chi connectivity index (χ0v) is 16.1. The molecule has 0 radical (unpaired) electrons. The van der Waals surface area contributed by atoms with E-state index in [0.717, 1.165) is 16.7 Å². The molecule has 8 heteroatoms. The van der Waals surface area contributed by atoms with Crippen LogP contribution in [0.15, 0.2) is 12.1 Å². The molecule has 0 aliphatic rings. The third-order valence-electron chi connectivity index (χ3n) is 3.38. The molecular weight excluding hydrogens is 344 g/mol. The van der Waals surface area contributed by atoms with E-state index < -0.39 is 29.6 Å². The topological polar surface area (TPSA) is 119 Å². The minimum absolute atomic E-state index is 0. The summed E-state index contributed by atoms with van der Waals surface area (Å²) in [6, 6.07) is 2.07. The van der Waals surface area contributed by atoms with Gasteiger partial charge in [-0.2, -0.15) is 13.5 Å². The first-order chi connectivity index (χ1) is 10.9. The van der Waals surface area contributed by atoms with Crippen molar-refractivity contribution in [3.05, 3.63) is 34.4 Å². The number of hydrogen-bond donors (Lipinski definition) is 3. The molecule has 7 nitrogen and oxygen atoms in total. The van der Waals surface area contributed by atoms with Crippen molar-refractivity contribution in [2.24, 2.45) is 5.73 Å². The number of ether oxygens (including phenoxy) is 1. The van der Waals surface area contributed by atoms with Gasteiger partial charge in [0, 0.05) is 12.0 Å². The molecule has 0 saturated carbocycles. The van der Waals surface area contributed by atoms with Crippen LogP contribution in [0.2, 0.25) is 0 Å². The van der Waals surface area contributed by atoms with Gasteiger partial charge in [0.1, 0.15) is 11.6 Å². The number of aliphatic carboxylic acids is 1. The number of carbonyl (C=O) groups excluding carboxylic acids is 2. The van der Waals surface area contributed by atoms with Gasteiger partial charge in [-0.1, -0.05) is 0 Å². The number of rotatable bonds is 5. The molecule has 1 rings (SSSR count). The monoisotopic (exact) mass is 370 g/mol. The van der Waals surface area contributed by atoms with Gasteiger partial charge < -0.3 is 20.9 Å². The number of hydrogen-bond acceptors (Lipinski definition) is 4. The Labute approximate surface area is 154 Å². The van der Waals surface area contributed by atoms with Crippen molar-refractivity contribution >= 4 is 31.5 Å². The Morgan fingerprint density at radius 2 is 1.68 bits per heavy atom. The molecule has 0 spiro atoms. The van der Waals surface area contributed by atoms with Gasteiger partial charge in [-0.05, 0) is 63.4 Å². The van der Waals surface area contributed by atoms with E-state index in [2.05, 4.69) is 5.32 Å². The van der Waals surface area contributed by atoms with E-state index in [-0.39, 0.29) is 19.9 Å². The Morgan fingerprint density at radius 3 is 2.04 bits per heavy atom. The van der Waals surface area contributed by atoms with Crippen molar-refractivity contribution in [3.63, 3.8) is 0 Å². The van der Waals surface area contributed by atoms with Crippen LogP contribution in [0.25, 0.3) is 0 Å². The second-order valence-electron chi connectivity index (χ2n) is 6.69. The zero-order chi connectivity index (χ0) is 18.7. The summed E-state index contributed by atoms with van der Waals surface area (Å²) >= 11 is 0. The predicted octanol–water partition coefficient (Wildman–Crippen LogP) is 2.04. The molecule has 140 valence electrons. The summed E-state index contributed by atoms with van der Waals surface area (Å²) in [5.74, 6) is -1.71. The van der Waals surface area contributed by atoms with Gasteiger partial charge in [0.15, 0.2) is 0 Å². The maximum Gasteiger partial charge on any atom is 0.408 e. The molecule has 1 aromatic rings. The Morgan fingerprint density at radius 1 is 1.20 bits per heavy atom. The lowest BCUT2D eigenvalue weighted by molar-refractivity contribution is -0.139. The number of alkyl carbamates (subject to hydrolysis) is 1. The minimum Gasteiger partial charge on any atom is -0.480 e. The molecule has 1 atom stereocenters. The van der Waals surface area contributed by atoms with E-state index in [9.17, 15) is 19.5 Å². The lowest BCUT2D eigenvalue weighted by Crippen LogP contribution is -2.44. The van der Waals surface area contributed by atoms with Crippen LogP contribution in [-0.4, -0.2) is 34.7 Å². The van der Waals surface area contributed by atoms with Crippen LogP contribution in [0.4, 0.5) is 4.79 Å². The van der Waals surface area contributed by atoms with Crippen molar-refractivity contribution in [2.45, 2.75) is 52.7 Å². The molecule has 25 heavy (non-hydrogen) atoms. The normalized spacial score (nSPS) is 11.9. The second kappa shape index (κ2) is 8.75. The number of amides is 2. The quantitative estimate of drug-likeness (QED) is 0.733. The maximum absolute atomic E-state index is 11.8. The fourth-order valence-corrected chi connectivity index (χ4v) is 2.31. The van der Waals surface area contributed by atoms with E-state index in [1.807, 2.05) is 0 Å². The molecule has 0 unspecified atom stereocenters. The lowest BCUT2D eigenvalue weighted by atomic mass is 9.94. The van der Waals surface area contributed by atoms with Gasteiger partial charge in [0.05, 0.1) is 0 Å². The van der Waals surface area contributed by atoms with Gasteiger partial charge in [0.2, 0.25) is 5.91 Å². The average Bonchev–Trinajstić information content (AvgIpc) is 2.38. The molecule has 1 aromatic carbocycles. The van der Waals surface area contributed by atoms with Gasteiger partial charge in [-0.15, -0.1) is 0 Å². The maximum atomic E-state index is 11.8. The highest BCUT2D eigenvalue weighted by atomic mass is 32.1. The van der Waals surface area contributed by atoms with Crippen LogP contribution >= 0.6 is 13.5 Å². The highest BCUT2D eigenvalue weighted by molar-refractivity contribution is 7.59. The summed E-state index contributed by atoms with van der Waals surface area (Å²) in [6.45, 7) is 8.61. The number of nitrogens with one attached hydrogen (secondary N) is 1. The van der Waals surface area contributed by atoms with Crippen LogP contribution < -0.4 is 11.1 Å². The number of aryl methyl sites for hydroxylation is 2. The Bertz CT molecular complexity index is 644. The highest BCUT2D eigenvalue weighted by Gasteiger charge is 2.25. The van der Waals surface area contributed by atoms with Crippen molar-refractivity contribution < 1.29 is 24.2 Å². The summed E-state index contributed by atoms with van der Waals surface area (Å²) in [4.78, 5) is 34.6. The first kappa shape index (κ1) is 22.8. The molecule has 4 N–H and O–H groups in total. The fourth-order valence-electron chi connectivity index (χ4n) is 2.31. The first-order valence-corrected chi connectivity index (χ1v) is 7.53. The fraction of sp³-hybridized carbons (Fsp3) is 0.471. The number of carbonyl (C=O) groups is 3. The summed E-state index contributed by atoms with van der Waals surface area (Å²) in [6.07, 6.45) is -0.718. The van der Waals surface area contributed by atoms with E-state index in [1.165, 1.54) is 0 Å². The Balaban J connectivity index is 0.00000576. The third kappa shape index (κ3) is 7.04. The molecule has 0 fully saturated rings. The third-order valence-corrected chi connectivity index (χ3v) is 3.38. The van der Waals surface area contributed by atoms with Crippen LogP contribution in [0.3, 0.4) is 0 Å². The summed E-state index contributed by atoms with van der Waals surface area (Å²) in [5, 5.41) is 11.7. The molecule has 0 aliphatic carbocycles. The number of carboxylic acid groups (broad SMARTS) is 1. The molecule has 0 bridgehead atoms. The van der Waals surface area contributed by atoms with Crippen molar-refractivity contribution in [1.29, 1.82) is 0 Å². The van der Waals surface area contributed by atoms with Crippen LogP contribution in [0.5, 0.6) is 0 Å². The minimum atomic E-state index is -1.17. The molecular formula is C17H26N2O5S. The van der Waals surface area contributed by atoms with E-state index >= 15 is 0 Å². The van der Waals surface area contributed by atoms with E-state index in [1.54, 1.807) is 46.8 Å². The van der Waals surface area contributed by atoms with Crippen LogP contribution in [0, 0.1) is 13.8 Å². The SMILES string of the molecule is Cc1cc(C(N)=O)cc(C)c1C[C@H](NC(=O)OC(C)(C)C)C(=O)O.S. The number of carboxylic acids is 1. The first-order valence-electron chi connectivity index (χ1n) is 7.53. The standard InChI is InChI=1S/C17H24N2O5.H2S/c1-9-6-11(14(18)20)7-10(2)12(9)8-13(15(21)22)19-16(23)24-17(3,4)5;/h6-7,13H,8H2,1-5H3,(H2,18,20)(H,19,23)(H,21,22);1H2/t13-;/m0./s1. The smallest absolute Gasteiger partial charge is 0.408 e. The van der Waals surface area contributed by atoms with Crippen molar-refractivity contribution in [1.82, 2.24) is 5.32 Å². The average molecular weight is 370 g/mol. The molecule has 0 heterocycles.